The van der Waals surface area contributed by atoms with Crippen LogP contribution in [0.3, 0.4) is 0 Å². The average Bonchev–Trinajstić information content (AvgIpc) is 3.53. The summed E-state index contributed by atoms with van der Waals surface area (Å²) in [5, 5.41) is 9.97. The Morgan fingerprint density at radius 3 is 2.69 bits per heavy atom. The summed E-state index contributed by atoms with van der Waals surface area (Å²) in [6, 6.07) is 10.6. The van der Waals surface area contributed by atoms with Gasteiger partial charge in [0.15, 0.2) is 5.82 Å². The van der Waals surface area contributed by atoms with E-state index in [2.05, 4.69) is 20.7 Å². The quantitative estimate of drug-likeness (QED) is 0.640. The molecule has 9 nitrogen and oxygen atoms in total. The number of rotatable bonds is 7. The van der Waals surface area contributed by atoms with Crippen LogP contribution in [0, 0.1) is 0 Å². The number of benzene rings is 1. The van der Waals surface area contributed by atoms with Crippen molar-refractivity contribution in [2.45, 2.75) is 25.4 Å². The largest absolute Gasteiger partial charge is 0.497 e. The fraction of sp³-hybridized carbons (Fsp3) is 0.300. The lowest BCUT2D eigenvalue weighted by Gasteiger charge is -2.08. The number of hydrogen-bond acceptors (Lipinski definition) is 5. The van der Waals surface area contributed by atoms with Gasteiger partial charge in [-0.2, -0.15) is 0 Å². The van der Waals surface area contributed by atoms with E-state index in [0.29, 0.717) is 17.3 Å². The van der Waals surface area contributed by atoms with Gasteiger partial charge in [0, 0.05) is 36.2 Å². The topological polar surface area (TPSA) is 103 Å². The van der Waals surface area contributed by atoms with Crippen LogP contribution in [-0.4, -0.2) is 39.0 Å². The van der Waals surface area contributed by atoms with Crippen molar-refractivity contribution in [3.05, 3.63) is 59.3 Å². The predicted octanol–water partition coefficient (Wildman–Crippen LogP) is 2.27. The van der Waals surface area contributed by atoms with E-state index in [1.54, 1.807) is 48.3 Å². The molecule has 1 fully saturated rings. The van der Waals surface area contributed by atoms with E-state index in [1.165, 1.54) is 4.68 Å². The molecule has 0 radical (unpaired) electrons. The van der Waals surface area contributed by atoms with E-state index >= 15 is 0 Å². The van der Waals surface area contributed by atoms with Crippen molar-refractivity contribution < 1.29 is 9.53 Å². The molecule has 0 aliphatic heterocycles. The molecule has 2 N–H and O–H groups in total. The van der Waals surface area contributed by atoms with Crippen molar-refractivity contribution in [3.63, 3.8) is 0 Å². The molecule has 1 saturated carbocycles. The highest BCUT2D eigenvalue weighted by molar-refractivity contribution is 5.89. The van der Waals surface area contributed by atoms with Gasteiger partial charge in [-0.25, -0.2) is 14.3 Å². The highest BCUT2D eigenvalue weighted by Gasteiger charge is 2.30. The number of carbonyl (C=O) groups excluding carboxylic acids is 1. The molecule has 150 valence electrons. The first-order valence-electron chi connectivity index (χ1n) is 9.44. The molecule has 2 aromatic heterocycles. The number of hydrogen-bond donors (Lipinski definition) is 2. The number of pyridine rings is 1. The molecule has 0 unspecified atom stereocenters. The summed E-state index contributed by atoms with van der Waals surface area (Å²) < 4.78 is 8.22. The van der Waals surface area contributed by atoms with Gasteiger partial charge in [0.2, 0.25) is 0 Å². The van der Waals surface area contributed by atoms with Crippen molar-refractivity contribution >= 4 is 11.7 Å². The fourth-order valence-corrected chi connectivity index (χ4v) is 3.04. The highest BCUT2D eigenvalue weighted by atomic mass is 16.5. The number of methoxy groups -OCH3 is 1. The Labute approximate surface area is 167 Å². The molecule has 1 aliphatic rings. The minimum absolute atomic E-state index is 0.163. The van der Waals surface area contributed by atoms with Crippen LogP contribution in [0.5, 0.6) is 5.75 Å². The van der Waals surface area contributed by atoms with Crippen LogP contribution in [0.15, 0.2) is 53.6 Å². The van der Waals surface area contributed by atoms with Crippen LogP contribution in [0.1, 0.15) is 18.9 Å². The van der Waals surface area contributed by atoms with Crippen LogP contribution in [0.25, 0.3) is 11.4 Å². The van der Waals surface area contributed by atoms with Crippen LogP contribution in [-0.2, 0) is 6.54 Å². The van der Waals surface area contributed by atoms with Gasteiger partial charge in [0.1, 0.15) is 5.75 Å². The zero-order chi connectivity index (χ0) is 20.2. The van der Waals surface area contributed by atoms with Crippen LogP contribution in [0.2, 0.25) is 0 Å². The number of nitrogens with one attached hydrogen (secondary N) is 2. The maximum absolute atomic E-state index is 12.8. The second kappa shape index (κ2) is 8.17. The minimum Gasteiger partial charge on any atom is -0.497 e. The highest BCUT2D eigenvalue weighted by Crippen LogP contribution is 2.36. The summed E-state index contributed by atoms with van der Waals surface area (Å²) in [4.78, 5) is 29.0. The van der Waals surface area contributed by atoms with Crippen molar-refractivity contribution in [2.24, 2.45) is 0 Å². The maximum atomic E-state index is 12.8. The Hall–Kier alpha value is -3.62. The molecule has 9 heteroatoms. The first kappa shape index (κ1) is 18.7. The second-order valence-corrected chi connectivity index (χ2v) is 6.78. The third-order valence-corrected chi connectivity index (χ3v) is 4.66. The monoisotopic (exact) mass is 394 g/mol. The summed E-state index contributed by atoms with van der Waals surface area (Å²) >= 11 is 0. The Morgan fingerprint density at radius 2 is 2.03 bits per heavy atom. The van der Waals surface area contributed by atoms with E-state index in [0.717, 1.165) is 18.4 Å². The van der Waals surface area contributed by atoms with Crippen LogP contribution in [0.4, 0.5) is 10.5 Å². The van der Waals surface area contributed by atoms with Gasteiger partial charge in [0.25, 0.3) is 0 Å². The van der Waals surface area contributed by atoms with Gasteiger partial charge in [-0.15, -0.1) is 5.10 Å². The molecule has 0 spiro atoms. The fourth-order valence-electron chi connectivity index (χ4n) is 3.04. The number of aromatic nitrogens is 4. The zero-order valence-corrected chi connectivity index (χ0v) is 16.0. The third kappa shape index (κ3) is 4.29. The normalized spacial score (nSPS) is 13.1. The van der Waals surface area contributed by atoms with Gasteiger partial charge in [-0.3, -0.25) is 9.55 Å². The molecular formula is C20H22N6O3. The van der Waals surface area contributed by atoms with Gasteiger partial charge < -0.3 is 15.4 Å². The van der Waals surface area contributed by atoms with Crippen molar-refractivity contribution in [2.75, 3.05) is 19.0 Å². The SMILES string of the molecule is COc1ccc(NC(=O)NCCn2nc(-c3cccnc3)n(C3CC3)c2=O)cc1. The summed E-state index contributed by atoms with van der Waals surface area (Å²) in [5.74, 6) is 1.33. The predicted molar refractivity (Wildman–Crippen MR) is 108 cm³/mol. The molecule has 3 aromatic rings. The second-order valence-electron chi connectivity index (χ2n) is 6.78. The lowest BCUT2D eigenvalue weighted by atomic mass is 10.3. The molecule has 0 atom stereocenters. The minimum atomic E-state index is -0.350. The molecule has 1 aliphatic carbocycles. The third-order valence-electron chi connectivity index (χ3n) is 4.66. The molecule has 4 rings (SSSR count). The van der Waals surface area contributed by atoms with E-state index in [-0.39, 0.29) is 30.9 Å². The van der Waals surface area contributed by atoms with Gasteiger partial charge in [-0.05, 0) is 49.2 Å². The number of amides is 2. The molecule has 29 heavy (non-hydrogen) atoms. The van der Waals surface area contributed by atoms with E-state index in [4.69, 9.17) is 4.74 Å². The lowest BCUT2D eigenvalue weighted by Crippen LogP contribution is -2.34. The summed E-state index contributed by atoms with van der Waals surface area (Å²) in [7, 11) is 1.58. The Kier molecular flexibility index (Phi) is 5.28. The number of anilines is 1. The van der Waals surface area contributed by atoms with E-state index in [1.807, 2.05) is 12.1 Å². The molecule has 0 bridgehead atoms. The first-order chi connectivity index (χ1) is 14.2. The lowest BCUT2D eigenvalue weighted by molar-refractivity contribution is 0.251. The Morgan fingerprint density at radius 1 is 1.24 bits per heavy atom. The maximum Gasteiger partial charge on any atom is 0.346 e. The number of carbonyl (C=O) groups is 1. The molecule has 2 amide bonds. The van der Waals surface area contributed by atoms with Gasteiger partial charge in [0.05, 0.1) is 13.7 Å². The van der Waals surface area contributed by atoms with Crippen molar-refractivity contribution in [1.29, 1.82) is 0 Å². The van der Waals surface area contributed by atoms with Crippen molar-refractivity contribution in [1.82, 2.24) is 24.6 Å². The summed E-state index contributed by atoms with van der Waals surface area (Å²) in [6.45, 7) is 0.553. The van der Waals surface area contributed by atoms with E-state index < -0.39 is 0 Å². The molecule has 0 saturated heterocycles. The van der Waals surface area contributed by atoms with Crippen LogP contribution < -0.4 is 21.1 Å². The average molecular weight is 394 g/mol. The van der Waals surface area contributed by atoms with Crippen LogP contribution >= 0.6 is 0 Å². The standard InChI is InChI=1S/C20H22N6O3/c1-29-17-8-4-15(5-9-17)23-19(27)22-11-12-25-20(28)26(16-6-7-16)18(24-25)14-3-2-10-21-13-14/h2-5,8-10,13,16H,6-7,11-12H2,1H3,(H2,22,23,27). The first-order valence-corrected chi connectivity index (χ1v) is 9.44. The summed E-state index contributed by atoms with van der Waals surface area (Å²) in [6.07, 6.45) is 5.33. The van der Waals surface area contributed by atoms with E-state index in [9.17, 15) is 9.59 Å². The summed E-state index contributed by atoms with van der Waals surface area (Å²) in [5.41, 5.74) is 1.29. The Balaban J connectivity index is 1.39. The number of nitrogens with zero attached hydrogens (tertiary/aromatic N) is 4. The van der Waals surface area contributed by atoms with Gasteiger partial charge in [-0.1, -0.05) is 0 Å². The Bertz CT molecular complexity index is 1040. The zero-order valence-electron chi connectivity index (χ0n) is 16.0. The number of ether oxygens (including phenoxy) is 1. The molecule has 1 aromatic carbocycles. The molecular weight excluding hydrogens is 372 g/mol. The van der Waals surface area contributed by atoms with Crippen molar-refractivity contribution in [3.8, 4) is 17.1 Å². The van der Waals surface area contributed by atoms with Gasteiger partial charge >= 0.3 is 11.7 Å². The number of urea groups is 1. The smallest absolute Gasteiger partial charge is 0.346 e. The molecule has 2 heterocycles.